The first kappa shape index (κ1) is 16.3. The molecule has 0 aromatic heterocycles. The fourth-order valence-corrected chi connectivity index (χ4v) is 2.29. The predicted octanol–water partition coefficient (Wildman–Crippen LogP) is 2.09. The number of hydrogen-bond donors (Lipinski definition) is 2. The number of carbonyl (C=O) groups is 2. The molecule has 0 radical (unpaired) electrons. The summed E-state index contributed by atoms with van der Waals surface area (Å²) in [6, 6.07) is 7.27. The number of rotatable bonds is 3. The molecule has 1 heterocycles. The number of nitrogens with one attached hydrogen (secondary N) is 1. The van der Waals surface area contributed by atoms with Crippen LogP contribution in [0.3, 0.4) is 0 Å². The minimum atomic E-state index is -0.529. The average molecular weight is 305 g/mol. The summed E-state index contributed by atoms with van der Waals surface area (Å²) in [5.74, 6) is 0.0865. The highest BCUT2D eigenvalue weighted by Crippen LogP contribution is 2.17. The van der Waals surface area contributed by atoms with Crippen molar-refractivity contribution in [3.05, 3.63) is 29.8 Å². The van der Waals surface area contributed by atoms with Gasteiger partial charge in [0.25, 0.3) is 0 Å². The molecule has 1 atom stereocenters. The summed E-state index contributed by atoms with van der Waals surface area (Å²) in [5.41, 5.74) is 6.90. The molecular weight excluding hydrogens is 282 g/mol. The molecule has 22 heavy (non-hydrogen) atoms. The molecule has 0 bridgehead atoms. The normalized spacial score (nSPS) is 18.5. The van der Waals surface area contributed by atoms with Gasteiger partial charge in [-0.1, -0.05) is 12.1 Å². The lowest BCUT2D eigenvalue weighted by molar-refractivity contribution is -0.128. The van der Waals surface area contributed by atoms with Gasteiger partial charge in [-0.25, -0.2) is 4.79 Å². The zero-order chi connectivity index (χ0) is 16.3. The predicted molar refractivity (Wildman–Crippen MR) is 84.3 cm³/mol. The quantitative estimate of drug-likeness (QED) is 0.895. The van der Waals surface area contributed by atoms with Crippen LogP contribution >= 0.6 is 0 Å². The SMILES string of the molecule is CC(C)(C)OC(=O)Nc1ccc(CN2CC(N)CC2=O)cc1. The molecule has 1 fully saturated rings. The maximum atomic E-state index is 11.7. The Bertz CT molecular complexity index is 549. The average Bonchev–Trinajstić information content (AvgIpc) is 2.68. The fourth-order valence-electron chi connectivity index (χ4n) is 2.29. The molecule has 1 aliphatic heterocycles. The van der Waals surface area contributed by atoms with Crippen molar-refractivity contribution in [2.24, 2.45) is 5.73 Å². The van der Waals surface area contributed by atoms with Gasteiger partial charge in [0.15, 0.2) is 0 Å². The first-order chi connectivity index (χ1) is 10.2. The number of nitrogens with zero attached hydrogens (tertiary/aromatic N) is 1. The second kappa shape index (κ2) is 6.36. The zero-order valence-electron chi connectivity index (χ0n) is 13.3. The number of hydrogen-bond acceptors (Lipinski definition) is 4. The van der Waals surface area contributed by atoms with Crippen LogP contribution in [0.4, 0.5) is 10.5 Å². The highest BCUT2D eigenvalue weighted by atomic mass is 16.6. The first-order valence-corrected chi connectivity index (χ1v) is 7.35. The Morgan fingerprint density at radius 3 is 2.50 bits per heavy atom. The molecule has 0 saturated carbocycles. The molecule has 0 spiro atoms. The summed E-state index contributed by atoms with van der Waals surface area (Å²) in [7, 11) is 0. The van der Waals surface area contributed by atoms with Crippen molar-refractivity contribution in [1.82, 2.24) is 4.90 Å². The van der Waals surface area contributed by atoms with Crippen molar-refractivity contribution >= 4 is 17.7 Å². The Balaban J connectivity index is 1.90. The van der Waals surface area contributed by atoms with Crippen LogP contribution in [0.1, 0.15) is 32.8 Å². The first-order valence-electron chi connectivity index (χ1n) is 7.35. The van der Waals surface area contributed by atoms with Gasteiger partial charge in [0, 0.05) is 31.2 Å². The van der Waals surface area contributed by atoms with E-state index in [2.05, 4.69) is 5.32 Å². The molecule has 1 saturated heterocycles. The molecule has 1 aliphatic rings. The Morgan fingerprint density at radius 1 is 1.36 bits per heavy atom. The van der Waals surface area contributed by atoms with Crippen molar-refractivity contribution < 1.29 is 14.3 Å². The number of carbonyl (C=O) groups excluding carboxylic acids is 2. The minimum absolute atomic E-state index is 0.0689. The number of nitrogens with two attached hydrogens (primary N) is 1. The summed E-state index contributed by atoms with van der Waals surface area (Å²) < 4.78 is 5.19. The summed E-state index contributed by atoms with van der Waals surface area (Å²) in [4.78, 5) is 25.1. The minimum Gasteiger partial charge on any atom is -0.444 e. The van der Waals surface area contributed by atoms with Crippen molar-refractivity contribution in [3.8, 4) is 0 Å². The maximum Gasteiger partial charge on any atom is 0.412 e. The van der Waals surface area contributed by atoms with Crippen molar-refractivity contribution in [1.29, 1.82) is 0 Å². The number of anilines is 1. The van der Waals surface area contributed by atoms with Gasteiger partial charge in [-0.2, -0.15) is 0 Å². The van der Waals surface area contributed by atoms with Crippen LogP contribution in [0, 0.1) is 0 Å². The van der Waals surface area contributed by atoms with E-state index in [0.29, 0.717) is 25.2 Å². The Morgan fingerprint density at radius 2 is 2.00 bits per heavy atom. The van der Waals surface area contributed by atoms with E-state index in [-0.39, 0.29) is 11.9 Å². The molecule has 1 aromatic rings. The van der Waals surface area contributed by atoms with E-state index in [0.717, 1.165) is 5.56 Å². The van der Waals surface area contributed by atoms with Crippen LogP contribution in [-0.2, 0) is 16.1 Å². The smallest absolute Gasteiger partial charge is 0.412 e. The maximum absolute atomic E-state index is 11.7. The summed E-state index contributed by atoms with van der Waals surface area (Å²) in [6.07, 6.45) is -0.0703. The van der Waals surface area contributed by atoms with Crippen molar-refractivity contribution in [2.75, 3.05) is 11.9 Å². The second-order valence-corrected chi connectivity index (χ2v) is 6.56. The lowest BCUT2D eigenvalue weighted by Gasteiger charge is -2.20. The number of ether oxygens (including phenoxy) is 1. The molecule has 6 heteroatoms. The molecular formula is C16H23N3O3. The Labute approximate surface area is 130 Å². The lowest BCUT2D eigenvalue weighted by atomic mass is 10.2. The molecule has 6 nitrogen and oxygen atoms in total. The van der Waals surface area contributed by atoms with E-state index in [1.165, 1.54) is 0 Å². The summed E-state index contributed by atoms with van der Waals surface area (Å²) in [6.45, 7) is 6.57. The van der Waals surface area contributed by atoms with Crippen LogP contribution in [0.25, 0.3) is 0 Å². The highest BCUT2D eigenvalue weighted by Gasteiger charge is 2.26. The van der Waals surface area contributed by atoms with Gasteiger partial charge in [-0.3, -0.25) is 10.1 Å². The molecule has 2 amide bonds. The van der Waals surface area contributed by atoms with Crippen LogP contribution in [0.15, 0.2) is 24.3 Å². The van der Waals surface area contributed by atoms with E-state index in [9.17, 15) is 9.59 Å². The van der Waals surface area contributed by atoms with Gasteiger partial charge >= 0.3 is 6.09 Å². The summed E-state index contributed by atoms with van der Waals surface area (Å²) >= 11 is 0. The molecule has 0 aliphatic carbocycles. The topological polar surface area (TPSA) is 84.7 Å². The Hall–Kier alpha value is -2.08. The third-order valence-corrected chi connectivity index (χ3v) is 3.22. The number of amides is 2. The van der Waals surface area contributed by atoms with Gasteiger partial charge in [0.05, 0.1) is 0 Å². The monoisotopic (exact) mass is 305 g/mol. The number of benzene rings is 1. The zero-order valence-corrected chi connectivity index (χ0v) is 13.3. The fraction of sp³-hybridized carbons (Fsp3) is 0.500. The third kappa shape index (κ3) is 4.73. The lowest BCUT2D eigenvalue weighted by Crippen LogP contribution is -2.28. The molecule has 2 rings (SSSR count). The van der Waals surface area contributed by atoms with Gasteiger partial charge in [0.1, 0.15) is 5.60 Å². The molecule has 1 aromatic carbocycles. The van der Waals surface area contributed by atoms with E-state index < -0.39 is 11.7 Å². The second-order valence-electron chi connectivity index (χ2n) is 6.56. The van der Waals surface area contributed by atoms with Crippen molar-refractivity contribution in [2.45, 2.75) is 45.4 Å². The van der Waals surface area contributed by atoms with Crippen LogP contribution < -0.4 is 11.1 Å². The largest absolute Gasteiger partial charge is 0.444 e. The molecule has 120 valence electrons. The van der Waals surface area contributed by atoms with Crippen LogP contribution in [-0.4, -0.2) is 35.1 Å². The van der Waals surface area contributed by atoms with Gasteiger partial charge in [-0.05, 0) is 38.5 Å². The Kier molecular flexibility index (Phi) is 4.71. The van der Waals surface area contributed by atoms with Gasteiger partial charge < -0.3 is 15.4 Å². The summed E-state index contributed by atoms with van der Waals surface area (Å²) in [5, 5.41) is 2.67. The van der Waals surface area contributed by atoms with Gasteiger partial charge in [-0.15, -0.1) is 0 Å². The highest BCUT2D eigenvalue weighted by molar-refractivity contribution is 5.84. The van der Waals surface area contributed by atoms with E-state index in [4.69, 9.17) is 10.5 Å². The molecule has 1 unspecified atom stereocenters. The van der Waals surface area contributed by atoms with E-state index >= 15 is 0 Å². The van der Waals surface area contributed by atoms with Crippen LogP contribution in [0.2, 0.25) is 0 Å². The van der Waals surface area contributed by atoms with E-state index in [1.807, 2.05) is 32.9 Å². The van der Waals surface area contributed by atoms with E-state index in [1.54, 1.807) is 17.0 Å². The third-order valence-electron chi connectivity index (χ3n) is 3.22. The number of likely N-dealkylation sites (tertiary alicyclic amines) is 1. The standard InChI is InChI=1S/C16H23N3O3/c1-16(2,3)22-15(21)18-13-6-4-11(5-7-13)9-19-10-12(17)8-14(19)20/h4-7,12H,8-10,17H2,1-3H3,(H,18,21). The molecule has 3 N–H and O–H groups in total. The van der Waals surface area contributed by atoms with Gasteiger partial charge in [0.2, 0.25) is 5.91 Å². The van der Waals surface area contributed by atoms with Crippen LogP contribution in [0.5, 0.6) is 0 Å². The van der Waals surface area contributed by atoms with Crippen molar-refractivity contribution in [3.63, 3.8) is 0 Å².